The number of carbonyl (C=O) groups is 1. The number of ether oxygens (including phenoxy) is 3. The molecular weight excluding hydrogens is 380 g/mol. The predicted octanol–water partition coefficient (Wildman–Crippen LogP) is 4.44. The fraction of sp³-hybridized carbons (Fsp3) is 0.167. The summed E-state index contributed by atoms with van der Waals surface area (Å²) in [4.78, 5) is 12.2. The Bertz CT molecular complexity index is 986. The van der Waals surface area contributed by atoms with Crippen LogP contribution in [0.2, 0.25) is 0 Å². The van der Waals surface area contributed by atoms with Crippen LogP contribution in [0.25, 0.3) is 0 Å². The third-order valence-electron chi connectivity index (χ3n) is 4.23. The molecule has 6 nitrogen and oxygen atoms in total. The number of hydrogen-bond acceptors (Lipinski definition) is 5. The molecule has 0 heterocycles. The van der Waals surface area contributed by atoms with Crippen molar-refractivity contribution in [2.45, 2.75) is 13.5 Å². The normalized spacial score (nSPS) is 10.6. The molecule has 3 aromatic rings. The third kappa shape index (κ3) is 5.85. The topological polar surface area (TPSA) is 69.2 Å². The van der Waals surface area contributed by atoms with Crippen LogP contribution < -0.4 is 19.6 Å². The zero-order valence-electron chi connectivity index (χ0n) is 17.0. The summed E-state index contributed by atoms with van der Waals surface area (Å²) in [5.41, 5.74) is 4.85. The first-order chi connectivity index (χ1) is 14.7. The highest BCUT2D eigenvalue weighted by atomic mass is 16.5. The Balaban J connectivity index is 1.62. The number of nitrogens with zero attached hydrogens (tertiary/aromatic N) is 1. The first-order valence-electron chi connectivity index (χ1n) is 9.60. The lowest BCUT2D eigenvalue weighted by atomic mass is 10.2. The van der Waals surface area contributed by atoms with Crippen molar-refractivity contribution < 1.29 is 19.0 Å². The first kappa shape index (κ1) is 20.9. The summed E-state index contributed by atoms with van der Waals surface area (Å²) < 4.78 is 16.6. The minimum absolute atomic E-state index is 0.302. The van der Waals surface area contributed by atoms with Gasteiger partial charge >= 0.3 is 0 Å². The number of rotatable bonds is 9. The van der Waals surface area contributed by atoms with Gasteiger partial charge in [-0.05, 0) is 60.5 Å². The van der Waals surface area contributed by atoms with Crippen molar-refractivity contribution in [1.29, 1.82) is 0 Å². The van der Waals surface area contributed by atoms with E-state index in [4.69, 9.17) is 14.2 Å². The molecule has 0 saturated heterocycles. The molecule has 0 radical (unpaired) electrons. The lowest BCUT2D eigenvalue weighted by molar-refractivity contribution is 0.0955. The van der Waals surface area contributed by atoms with Crippen molar-refractivity contribution >= 4 is 12.1 Å². The van der Waals surface area contributed by atoms with Gasteiger partial charge < -0.3 is 14.2 Å². The van der Waals surface area contributed by atoms with E-state index in [1.54, 1.807) is 43.7 Å². The van der Waals surface area contributed by atoms with E-state index in [9.17, 15) is 4.79 Å². The Labute approximate surface area is 176 Å². The molecule has 1 amide bonds. The SMILES string of the molecule is CCOc1ccc(C(=O)N/N=C\c2ccc(OC)c(OCc3ccccc3)c2)cc1. The molecule has 3 aromatic carbocycles. The number of nitrogens with one attached hydrogen (secondary N) is 1. The Morgan fingerprint density at radius 2 is 1.73 bits per heavy atom. The molecule has 0 spiro atoms. The van der Waals surface area contributed by atoms with E-state index in [-0.39, 0.29) is 5.91 Å². The zero-order valence-corrected chi connectivity index (χ0v) is 17.0. The molecule has 0 aromatic heterocycles. The van der Waals surface area contributed by atoms with Crippen molar-refractivity contribution in [3.63, 3.8) is 0 Å². The monoisotopic (exact) mass is 404 g/mol. The van der Waals surface area contributed by atoms with E-state index >= 15 is 0 Å². The molecule has 154 valence electrons. The smallest absolute Gasteiger partial charge is 0.271 e. The van der Waals surface area contributed by atoms with Crippen LogP contribution in [-0.4, -0.2) is 25.8 Å². The van der Waals surface area contributed by atoms with Crippen molar-refractivity contribution in [3.05, 3.63) is 89.5 Å². The molecule has 0 aliphatic carbocycles. The maximum atomic E-state index is 12.2. The van der Waals surface area contributed by atoms with Crippen LogP contribution in [0.1, 0.15) is 28.4 Å². The van der Waals surface area contributed by atoms with E-state index in [1.165, 1.54) is 0 Å². The second-order valence-electron chi connectivity index (χ2n) is 6.34. The summed E-state index contributed by atoms with van der Waals surface area (Å²) in [6.07, 6.45) is 1.56. The Hall–Kier alpha value is -3.80. The standard InChI is InChI=1S/C24H24N2O4/c1-3-29-21-12-10-20(11-13-21)24(27)26-25-16-19-9-14-22(28-2)23(15-19)30-17-18-7-5-4-6-8-18/h4-16H,3,17H2,1-2H3,(H,26,27)/b25-16-. The quantitative estimate of drug-likeness (QED) is 0.423. The van der Waals surface area contributed by atoms with Crippen molar-refractivity contribution in [2.75, 3.05) is 13.7 Å². The van der Waals surface area contributed by atoms with Crippen LogP contribution >= 0.6 is 0 Å². The van der Waals surface area contributed by atoms with Crippen molar-refractivity contribution in [2.24, 2.45) is 5.10 Å². The minimum atomic E-state index is -0.302. The molecule has 0 aliphatic rings. The summed E-state index contributed by atoms with van der Waals surface area (Å²) in [6, 6.07) is 22.2. The van der Waals surface area contributed by atoms with Gasteiger partial charge in [0, 0.05) is 5.56 Å². The summed E-state index contributed by atoms with van der Waals surface area (Å²) in [5.74, 6) is 1.65. The average molecular weight is 404 g/mol. The molecular formula is C24H24N2O4. The number of carbonyl (C=O) groups excluding carboxylic acids is 1. The number of benzene rings is 3. The Morgan fingerprint density at radius 3 is 2.43 bits per heavy atom. The van der Waals surface area contributed by atoms with Gasteiger partial charge in [0.1, 0.15) is 12.4 Å². The van der Waals surface area contributed by atoms with Crippen LogP contribution in [0.5, 0.6) is 17.2 Å². The number of hydrazone groups is 1. The minimum Gasteiger partial charge on any atom is -0.494 e. The molecule has 0 bridgehead atoms. The van der Waals surface area contributed by atoms with E-state index in [2.05, 4.69) is 10.5 Å². The van der Waals surface area contributed by atoms with Gasteiger partial charge in [0.15, 0.2) is 11.5 Å². The molecule has 0 atom stereocenters. The fourth-order valence-corrected chi connectivity index (χ4v) is 2.72. The van der Waals surface area contributed by atoms with Crippen LogP contribution in [0, 0.1) is 0 Å². The van der Waals surface area contributed by atoms with Gasteiger partial charge in [-0.2, -0.15) is 5.10 Å². The third-order valence-corrected chi connectivity index (χ3v) is 4.23. The van der Waals surface area contributed by atoms with Crippen LogP contribution in [0.15, 0.2) is 77.9 Å². The summed E-state index contributed by atoms with van der Waals surface area (Å²) >= 11 is 0. The predicted molar refractivity (Wildman–Crippen MR) is 116 cm³/mol. The van der Waals surface area contributed by atoms with Gasteiger partial charge in [-0.3, -0.25) is 4.79 Å². The van der Waals surface area contributed by atoms with E-state index in [0.29, 0.717) is 30.3 Å². The molecule has 3 rings (SSSR count). The largest absolute Gasteiger partial charge is 0.494 e. The molecule has 0 aliphatic heterocycles. The van der Waals surface area contributed by atoms with Gasteiger partial charge in [0.05, 0.1) is 19.9 Å². The highest BCUT2D eigenvalue weighted by molar-refractivity contribution is 5.95. The van der Waals surface area contributed by atoms with Gasteiger partial charge in [0.25, 0.3) is 5.91 Å². The summed E-state index contributed by atoms with van der Waals surface area (Å²) in [7, 11) is 1.59. The van der Waals surface area contributed by atoms with Crippen molar-refractivity contribution in [1.82, 2.24) is 5.43 Å². The van der Waals surface area contributed by atoms with Crippen LogP contribution in [-0.2, 0) is 6.61 Å². The highest BCUT2D eigenvalue weighted by Gasteiger charge is 2.07. The maximum absolute atomic E-state index is 12.2. The lowest BCUT2D eigenvalue weighted by Gasteiger charge is -2.11. The Morgan fingerprint density at radius 1 is 0.967 bits per heavy atom. The molecule has 0 saturated carbocycles. The molecule has 30 heavy (non-hydrogen) atoms. The second kappa shape index (κ2) is 10.7. The number of methoxy groups -OCH3 is 1. The van der Waals surface area contributed by atoms with Crippen LogP contribution in [0.3, 0.4) is 0 Å². The summed E-state index contributed by atoms with van der Waals surface area (Å²) in [5, 5.41) is 4.04. The van der Waals surface area contributed by atoms with Gasteiger partial charge in [-0.25, -0.2) is 5.43 Å². The van der Waals surface area contributed by atoms with Gasteiger partial charge in [0.2, 0.25) is 0 Å². The van der Waals surface area contributed by atoms with E-state index in [1.807, 2.05) is 49.4 Å². The molecule has 1 N–H and O–H groups in total. The zero-order chi connectivity index (χ0) is 21.2. The molecule has 0 unspecified atom stereocenters. The second-order valence-corrected chi connectivity index (χ2v) is 6.34. The summed E-state index contributed by atoms with van der Waals surface area (Å²) in [6.45, 7) is 2.91. The lowest BCUT2D eigenvalue weighted by Crippen LogP contribution is -2.17. The first-order valence-corrected chi connectivity index (χ1v) is 9.60. The highest BCUT2D eigenvalue weighted by Crippen LogP contribution is 2.28. The number of amides is 1. The van der Waals surface area contributed by atoms with Crippen LogP contribution in [0.4, 0.5) is 0 Å². The Kier molecular flexibility index (Phi) is 7.44. The fourth-order valence-electron chi connectivity index (χ4n) is 2.72. The maximum Gasteiger partial charge on any atom is 0.271 e. The van der Waals surface area contributed by atoms with E-state index in [0.717, 1.165) is 16.9 Å². The van der Waals surface area contributed by atoms with E-state index < -0.39 is 0 Å². The van der Waals surface area contributed by atoms with Crippen molar-refractivity contribution in [3.8, 4) is 17.2 Å². The van der Waals surface area contributed by atoms with Gasteiger partial charge in [-0.1, -0.05) is 30.3 Å². The average Bonchev–Trinajstić information content (AvgIpc) is 2.79. The van der Waals surface area contributed by atoms with Gasteiger partial charge in [-0.15, -0.1) is 0 Å². The number of hydrogen-bond donors (Lipinski definition) is 1. The molecule has 0 fully saturated rings. The molecule has 6 heteroatoms.